The van der Waals surface area contributed by atoms with Gasteiger partial charge in [-0.1, -0.05) is 24.3 Å². The molecule has 0 saturated heterocycles. The normalized spacial score (nSPS) is 10.6. The second-order valence-corrected chi connectivity index (χ2v) is 4.02. The van der Waals surface area contributed by atoms with Gasteiger partial charge in [-0.05, 0) is 24.5 Å². The predicted molar refractivity (Wildman–Crippen MR) is 64.5 cm³/mol. The van der Waals surface area contributed by atoms with Crippen molar-refractivity contribution in [3.63, 3.8) is 0 Å². The van der Waals surface area contributed by atoms with Crippen LogP contribution in [0.1, 0.15) is 17.0 Å². The van der Waals surface area contributed by atoms with Crippen LogP contribution in [0.15, 0.2) is 30.6 Å². The lowest BCUT2D eigenvalue weighted by molar-refractivity contribution is 0.666. The molecule has 0 atom stereocenters. The Kier molecular flexibility index (Phi) is 3.57. The molecular weight excluding hydrogens is 222 g/mol. The summed E-state index contributed by atoms with van der Waals surface area (Å²) in [5.74, 6) is 1.24. The Morgan fingerprint density at radius 1 is 1.31 bits per heavy atom. The summed E-state index contributed by atoms with van der Waals surface area (Å²) < 4.78 is 2.00. The molecule has 0 saturated carbocycles. The molecule has 1 aromatic heterocycles. The highest BCUT2D eigenvalue weighted by Gasteiger charge is 2.03. The number of aryl methyl sites for hydroxylation is 3. The Labute approximate surface area is 100 Å². The molecule has 84 valence electrons. The van der Waals surface area contributed by atoms with Crippen LogP contribution >= 0.6 is 11.6 Å². The van der Waals surface area contributed by atoms with E-state index < -0.39 is 0 Å². The van der Waals surface area contributed by atoms with Crippen molar-refractivity contribution in [3.8, 4) is 0 Å². The Balaban J connectivity index is 2.05. The lowest BCUT2D eigenvalue weighted by Crippen LogP contribution is -2.04. The molecule has 16 heavy (non-hydrogen) atoms. The van der Waals surface area contributed by atoms with E-state index in [2.05, 4.69) is 41.4 Å². The molecule has 3 nitrogen and oxygen atoms in total. The van der Waals surface area contributed by atoms with Crippen molar-refractivity contribution in [2.24, 2.45) is 0 Å². The standard InChI is InChI=1S/C12H14ClN3/c1-10-4-2-3-5-11(10)6-7-16-9-14-15-12(16)8-13/h2-5,9H,6-8H2,1H3. The highest BCUT2D eigenvalue weighted by atomic mass is 35.5. The SMILES string of the molecule is Cc1ccccc1CCn1cnnc1CCl. The van der Waals surface area contributed by atoms with Crippen LogP contribution in [-0.4, -0.2) is 14.8 Å². The minimum absolute atomic E-state index is 0.410. The second-order valence-electron chi connectivity index (χ2n) is 3.75. The molecular formula is C12H14ClN3. The van der Waals surface area contributed by atoms with Gasteiger partial charge in [-0.3, -0.25) is 0 Å². The zero-order chi connectivity index (χ0) is 11.4. The first-order valence-electron chi connectivity index (χ1n) is 5.28. The summed E-state index contributed by atoms with van der Waals surface area (Å²) in [6.07, 6.45) is 2.71. The number of nitrogens with zero attached hydrogens (tertiary/aromatic N) is 3. The molecule has 0 bridgehead atoms. The molecule has 0 aliphatic carbocycles. The number of hydrogen-bond acceptors (Lipinski definition) is 2. The van der Waals surface area contributed by atoms with Gasteiger partial charge in [0.25, 0.3) is 0 Å². The Morgan fingerprint density at radius 3 is 2.88 bits per heavy atom. The minimum atomic E-state index is 0.410. The van der Waals surface area contributed by atoms with E-state index in [0.717, 1.165) is 18.8 Å². The van der Waals surface area contributed by atoms with Crippen LogP contribution in [0.3, 0.4) is 0 Å². The van der Waals surface area contributed by atoms with E-state index in [-0.39, 0.29) is 0 Å². The van der Waals surface area contributed by atoms with Gasteiger partial charge < -0.3 is 4.57 Å². The Hall–Kier alpha value is -1.35. The molecule has 0 amide bonds. The average molecular weight is 236 g/mol. The summed E-state index contributed by atoms with van der Waals surface area (Å²) in [4.78, 5) is 0. The highest BCUT2D eigenvalue weighted by Crippen LogP contribution is 2.09. The summed E-state index contributed by atoms with van der Waals surface area (Å²) in [5, 5.41) is 7.81. The molecule has 2 aromatic rings. The van der Waals surface area contributed by atoms with Crippen LogP contribution in [-0.2, 0) is 18.8 Å². The number of benzene rings is 1. The summed E-state index contributed by atoms with van der Waals surface area (Å²) in [6.45, 7) is 3.00. The Morgan fingerprint density at radius 2 is 2.12 bits per heavy atom. The van der Waals surface area contributed by atoms with Gasteiger partial charge in [0.2, 0.25) is 0 Å². The fourth-order valence-electron chi connectivity index (χ4n) is 1.70. The van der Waals surface area contributed by atoms with Crippen LogP contribution < -0.4 is 0 Å². The van der Waals surface area contributed by atoms with E-state index in [0.29, 0.717) is 5.88 Å². The molecule has 2 rings (SSSR count). The Bertz CT molecular complexity index is 465. The van der Waals surface area contributed by atoms with E-state index in [1.165, 1.54) is 11.1 Å². The van der Waals surface area contributed by atoms with Crippen molar-refractivity contribution in [2.75, 3.05) is 0 Å². The lowest BCUT2D eigenvalue weighted by atomic mass is 10.1. The maximum atomic E-state index is 5.76. The van der Waals surface area contributed by atoms with Gasteiger partial charge >= 0.3 is 0 Å². The number of hydrogen-bond donors (Lipinski definition) is 0. The van der Waals surface area contributed by atoms with Crippen LogP contribution in [0.5, 0.6) is 0 Å². The number of rotatable bonds is 4. The topological polar surface area (TPSA) is 30.7 Å². The molecule has 0 aliphatic rings. The van der Waals surface area contributed by atoms with Crippen molar-refractivity contribution >= 4 is 11.6 Å². The lowest BCUT2D eigenvalue weighted by Gasteiger charge is -2.07. The van der Waals surface area contributed by atoms with Crippen molar-refractivity contribution in [3.05, 3.63) is 47.5 Å². The molecule has 4 heteroatoms. The zero-order valence-electron chi connectivity index (χ0n) is 9.23. The molecule has 0 radical (unpaired) electrons. The van der Waals surface area contributed by atoms with Crippen LogP contribution in [0.2, 0.25) is 0 Å². The van der Waals surface area contributed by atoms with Crippen molar-refractivity contribution in [1.29, 1.82) is 0 Å². The number of halogens is 1. The smallest absolute Gasteiger partial charge is 0.147 e. The summed E-state index contributed by atoms with van der Waals surface area (Å²) >= 11 is 5.76. The highest BCUT2D eigenvalue weighted by molar-refractivity contribution is 6.16. The maximum Gasteiger partial charge on any atom is 0.147 e. The van der Waals surface area contributed by atoms with Crippen molar-refractivity contribution < 1.29 is 0 Å². The molecule has 0 unspecified atom stereocenters. The van der Waals surface area contributed by atoms with Crippen LogP contribution in [0, 0.1) is 6.92 Å². The summed E-state index contributed by atoms with van der Waals surface area (Å²) in [5.41, 5.74) is 2.68. The molecule has 1 heterocycles. The first kappa shape index (κ1) is 11.1. The maximum absolute atomic E-state index is 5.76. The quantitative estimate of drug-likeness (QED) is 0.763. The van der Waals surface area contributed by atoms with E-state index in [4.69, 9.17) is 11.6 Å². The van der Waals surface area contributed by atoms with Gasteiger partial charge in [0.1, 0.15) is 12.2 Å². The average Bonchev–Trinajstić information content (AvgIpc) is 2.75. The summed E-state index contributed by atoms with van der Waals surface area (Å²) in [7, 11) is 0. The van der Waals surface area contributed by atoms with Gasteiger partial charge in [0, 0.05) is 6.54 Å². The van der Waals surface area contributed by atoms with Crippen LogP contribution in [0.25, 0.3) is 0 Å². The third-order valence-corrected chi connectivity index (χ3v) is 2.94. The third-order valence-electron chi connectivity index (χ3n) is 2.70. The van der Waals surface area contributed by atoms with Gasteiger partial charge in [0.15, 0.2) is 0 Å². The second kappa shape index (κ2) is 5.12. The zero-order valence-corrected chi connectivity index (χ0v) is 9.98. The molecule has 0 spiro atoms. The van der Waals surface area contributed by atoms with E-state index >= 15 is 0 Å². The number of alkyl halides is 1. The van der Waals surface area contributed by atoms with E-state index in [1.54, 1.807) is 6.33 Å². The van der Waals surface area contributed by atoms with Gasteiger partial charge in [-0.15, -0.1) is 21.8 Å². The van der Waals surface area contributed by atoms with Crippen LogP contribution in [0.4, 0.5) is 0 Å². The van der Waals surface area contributed by atoms with E-state index in [9.17, 15) is 0 Å². The minimum Gasteiger partial charge on any atom is -0.316 e. The first-order valence-corrected chi connectivity index (χ1v) is 5.82. The first-order chi connectivity index (χ1) is 7.81. The van der Waals surface area contributed by atoms with Gasteiger partial charge in [-0.25, -0.2) is 0 Å². The van der Waals surface area contributed by atoms with E-state index in [1.807, 2.05) is 4.57 Å². The largest absolute Gasteiger partial charge is 0.316 e. The summed E-state index contributed by atoms with van der Waals surface area (Å²) in [6, 6.07) is 8.41. The molecule has 0 N–H and O–H groups in total. The third kappa shape index (κ3) is 2.42. The predicted octanol–water partition coefficient (Wildman–Crippen LogP) is 2.57. The fraction of sp³-hybridized carbons (Fsp3) is 0.333. The molecule has 0 fully saturated rings. The fourth-order valence-corrected chi connectivity index (χ4v) is 1.91. The van der Waals surface area contributed by atoms with Gasteiger partial charge in [-0.2, -0.15) is 0 Å². The monoisotopic (exact) mass is 235 g/mol. The van der Waals surface area contributed by atoms with Gasteiger partial charge in [0.05, 0.1) is 5.88 Å². The number of aromatic nitrogens is 3. The molecule has 0 aliphatic heterocycles. The molecule has 1 aromatic carbocycles. The van der Waals surface area contributed by atoms with Crippen molar-refractivity contribution in [2.45, 2.75) is 25.8 Å². The van der Waals surface area contributed by atoms with Crippen molar-refractivity contribution in [1.82, 2.24) is 14.8 Å².